The van der Waals surface area contributed by atoms with Gasteiger partial charge in [-0.2, -0.15) is 0 Å². The maximum absolute atomic E-state index is 6.01. The van der Waals surface area contributed by atoms with E-state index < -0.39 is 0 Å². The van der Waals surface area contributed by atoms with E-state index in [1.807, 2.05) is 56.3 Å². The topological polar surface area (TPSA) is 30.5 Å². The first-order valence-corrected chi connectivity index (χ1v) is 7.27. The molecular formula is C17H20ClNO2. The summed E-state index contributed by atoms with van der Waals surface area (Å²) < 4.78 is 11.2. The van der Waals surface area contributed by atoms with E-state index in [2.05, 4.69) is 5.32 Å². The fraction of sp³-hybridized carbons (Fsp3) is 0.294. The summed E-state index contributed by atoms with van der Waals surface area (Å²) in [5, 5.41) is 4.08. The summed E-state index contributed by atoms with van der Waals surface area (Å²) in [6, 6.07) is 13.4. The second kappa shape index (κ2) is 7.23. The largest absolute Gasteiger partial charge is 0.493 e. The van der Waals surface area contributed by atoms with Crippen LogP contribution in [-0.4, -0.2) is 19.8 Å². The van der Waals surface area contributed by atoms with Gasteiger partial charge in [-0.3, -0.25) is 0 Å². The van der Waals surface area contributed by atoms with Crippen molar-refractivity contribution in [3.8, 4) is 11.5 Å². The molecule has 112 valence electrons. The standard InChI is InChI=1S/C17H20ClNO2/c1-12-8-9-14(18)10-15(12)19-11-13(2)21-17-7-5-4-6-16(17)20-3/h4-10,13,19H,11H2,1-3H3. The maximum Gasteiger partial charge on any atom is 0.161 e. The van der Waals surface area contributed by atoms with E-state index in [0.717, 1.165) is 27.8 Å². The molecule has 0 bridgehead atoms. The number of hydrogen-bond donors (Lipinski definition) is 1. The zero-order valence-corrected chi connectivity index (χ0v) is 13.3. The minimum absolute atomic E-state index is 0.000295. The van der Waals surface area contributed by atoms with Gasteiger partial charge in [-0.1, -0.05) is 29.8 Å². The highest BCUT2D eigenvalue weighted by Crippen LogP contribution is 2.27. The van der Waals surface area contributed by atoms with Gasteiger partial charge in [0.05, 0.1) is 13.7 Å². The molecule has 0 fully saturated rings. The Bertz CT molecular complexity index is 601. The first kappa shape index (κ1) is 15.5. The molecule has 21 heavy (non-hydrogen) atoms. The molecule has 0 aromatic heterocycles. The molecule has 2 aromatic rings. The molecule has 0 amide bonds. The van der Waals surface area contributed by atoms with Gasteiger partial charge in [-0.05, 0) is 43.7 Å². The predicted molar refractivity (Wildman–Crippen MR) is 87.8 cm³/mol. The Kier molecular flexibility index (Phi) is 5.34. The van der Waals surface area contributed by atoms with Gasteiger partial charge in [0, 0.05) is 10.7 Å². The minimum atomic E-state index is -0.000295. The smallest absolute Gasteiger partial charge is 0.161 e. The number of anilines is 1. The summed E-state index contributed by atoms with van der Waals surface area (Å²) in [6.45, 7) is 4.74. The van der Waals surface area contributed by atoms with Crippen LogP contribution in [0.2, 0.25) is 5.02 Å². The maximum atomic E-state index is 6.01. The number of rotatable bonds is 6. The Morgan fingerprint density at radius 2 is 1.86 bits per heavy atom. The molecule has 1 unspecified atom stereocenters. The molecule has 0 heterocycles. The lowest BCUT2D eigenvalue weighted by Gasteiger charge is -2.18. The lowest BCUT2D eigenvalue weighted by molar-refractivity contribution is 0.223. The van der Waals surface area contributed by atoms with Crippen molar-refractivity contribution in [3.63, 3.8) is 0 Å². The number of halogens is 1. The second-order valence-corrected chi connectivity index (χ2v) is 5.36. The highest BCUT2D eigenvalue weighted by atomic mass is 35.5. The van der Waals surface area contributed by atoms with E-state index in [1.54, 1.807) is 7.11 Å². The molecule has 3 nitrogen and oxygen atoms in total. The van der Waals surface area contributed by atoms with Crippen LogP contribution < -0.4 is 14.8 Å². The van der Waals surface area contributed by atoms with Crippen LogP contribution in [0.4, 0.5) is 5.69 Å². The summed E-state index contributed by atoms with van der Waals surface area (Å²) in [4.78, 5) is 0. The van der Waals surface area contributed by atoms with Crippen LogP contribution in [0.5, 0.6) is 11.5 Å². The van der Waals surface area contributed by atoms with Crippen LogP contribution in [-0.2, 0) is 0 Å². The zero-order chi connectivity index (χ0) is 15.2. The van der Waals surface area contributed by atoms with E-state index in [9.17, 15) is 0 Å². The molecule has 1 atom stereocenters. The molecule has 0 saturated carbocycles. The average molecular weight is 306 g/mol. The highest BCUT2D eigenvalue weighted by molar-refractivity contribution is 6.30. The SMILES string of the molecule is COc1ccccc1OC(C)CNc1cc(Cl)ccc1C. The predicted octanol–water partition coefficient (Wildman–Crippen LogP) is 4.54. The van der Waals surface area contributed by atoms with Gasteiger partial charge in [0.2, 0.25) is 0 Å². The fourth-order valence-electron chi connectivity index (χ4n) is 2.01. The van der Waals surface area contributed by atoms with E-state index >= 15 is 0 Å². The monoisotopic (exact) mass is 305 g/mol. The summed E-state index contributed by atoms with van der Waals surface area (Å²) in [6.07, 6.45) is -0.000295. The Labute approximate surface area is 130 Å². The van der Waals surface area contributed by atoms with Gasteiger partial charge in [0.15, 0.2) is 11.5 Å². The molecule has 0 saturated heterocycles. The summed E-state index contributed by atoms with van der Waals surface area (Å²) in [5.41, 5.74) is 2.18. The van der Waals surface area contributed by atoms with Gasteiger partial charge >= 0.3 is 0 Å². The number of aryl methyl sites for hydroxylation is 1. The molecule has 0 aliphatic heterocycles. The van der Waals surface area contributed by atoms with Crippen molar-refractivity contribution in [1.82, 2.24) is 0 Å². The number of ether oxygens (including phenoxy) is 2. The van der Waals surface area contributed by atoms with Crippen LogP contribution in [0.25, 0.3) is 0 Å². The summed E-state index contributed by atoms with van der Waals surface area (Å²) in [5.74, 6) is 1.49. The quantitative estimate of drug-likeness (QED) is 0.850. The van der Waals surface area contributed by atoms with Crippen LogP contribution >= 0.6 is 11.6 Å². The van der Waals surface area contributed by atoms with Crippen molar-refractivity contribution >= 4 is 17.3 Å². The Morgan fingerprint density at radius 1 is 1.14 bits per heavy atom. The molecule has 0 aliphatic rings. The molecule has 2 rings (SSSR count). The number of hydrogen-bond acceptors (Lipinski definition) is 3. The first-order chi connectivity index (χ1) is 10.1. The van der Waals surface area contributed by atoms with E-state index in [1.165, 1.54) is 0 Å². The van der Waals surface area contributed by atoms with Gasteiger partial charge in [0.25, 0.3) is 0 Å². The number of methoxy groups -OCH3 is 1. The first-order valence-electron chi connectivity index (χ1n) is 6.90. The lowest BCUT2D eigenvalue weighted by Crippen LogP contribution is -2.23. The van der Waals surface area contributed by atoms with Gasteiger partial charge in [0.1, 0.15) is 6.10 Å². The molecule has 1 N–H and O–H groups in total. The van der Waals surface area contributed by atoms with Crippen molar-refractivity contribution in [3.05, 3.63) is 53.1 Å². The third-order valence-electron chi connectivity index (χ3n) is 3.18. The van der Waals surface area contributed by atoms with Crippen LogP contribution in [0.3, 0.4) is 0 Å². The third kappa shape index (κ3) is 4.30. The molecule has 0 radical (unpaired) electrons. The van der Waals surface area contributed by atoms with E-state index in [0.29, 0.717) is 6.54 Å². The fourth-order valence-corrected chi connectivity index (χ4v) is 2.19. The Hall–Kier alpha value is -1.87. The zero-order valence-electron chi connectivity index (χ0n) is 12.5. The van der Waals surface area contributed by atoms with E-state index in [-0.39, 0.29) is 6.10 Å². The lowest BCUT2D eigenvalue weighted by atomic mass is 10.2. The van der Waals surface area contributed by atoms with Crippen molar-refractivity contribution in [1.29, 1.82) is 0 Å². The molecule has 0 aliphatic carbocycles. The van der Waals surface area contributed by atoms with Crippen molar-refractivity contribution in [2.24, 2.45) is 0 Å². The molecular weight excluding hydrogens is 286 g/mol. The van der Waals surface area contributed by atoms with Crippen molar-refractivity contribution in [2.45, 2.75) is 20.0 Å². The van der Waals surface area contributed by atoms with E-state index in [4.69, 9.17) is 21.1 Å². The normalized spacial score (nSPS) is 11.8. The Morgan fingerprint density at radius 3 is 2.57 bits per heavy atom. The van der Waals surface area contributed by atoms with Gasteiger partial charge in [-0.25, -0.2) is 0 Å². The second-order valence-electron chi connectivity index (χ2n) is 4.92. The summed E-state index contributed by atoms with van der Waals surface area (Å²) >= 11 is 6.01. The minimum Gasteiger partial charge on any atom is -0.493 e. The molecule has 4 heteroatoms. The summed E-state index contributed by atoms with van der Waals surface area (Å²) in [7, 11) is 1.64. The molecule has 2 aromatic carbocycles. The number of nitrogens with one attached hydrogen (secondary N) is 1. The number of para-hydroxylation sites is 2. The van der Waals surface area contributed by atoms with Crippen LogP contribution in [0, 0.1) is 6.92 Å². The molecule has 0 spiro atoms. The van der Waals surface area contributed by atoms with Crippen molar-refractivity contribution in [2.75, 3.05) is 19.0 Å². The van der Waals surface area contributed by atoms with Gasteiger partial charge in [-0.15, -0.1) is 0 Å². The third-order valence-corrected chi connectivity index (χ3v) is 3.41. The van der Waals surface area contributed by atoms with Gasteiger partial charge < -0.3 is 14.8 Å². The Balaban J connectivity index is 1.96. The highest BCUT2D eigenvalue weighted by Gasteiger charge is 2.09. The number of benzene rings is 2. The average Bonchev–Trinajstić information content (AvgIpc) is 2.49. The van der Waals surface area contributed by atoms with Crippen LogP contribution in [0.1, 0.15) is 12.5 Å². The van der Waals surface area contributed by atoms with Crippen LogP contribution in [0.15, 0.2) is 42.5 Å². The van der Waals surface area contributed by atoms with Crippen molar-refractivity contribution < 1.29 is 9.47 Å².